The number of amides is 3. The molecule has 1 saturated heterocycles. The number of carbonyl (C=O) groups is 4. The highest BCUT2D eigenvalue weighted by atomic mass is 35.5. The monoisotopic (exact) mass is 515 g/mol. The van der Waals surface area contributed by atoms with Crippen molar-refractivity contribution in [1.29, 1.82) is 0 Å². The lowest BCUT2D eigenvalue weighted by Crippen LogP contribution is -2.52. The number of ketones is 1. The smallest absolute Gasteiger partial charge is 0.273 e. The van der Waals surface area contributed by atoms with Gasteiger partial charge >= 0.3 is 0 Å². The number of nitrogens with zero attached hydrogens (tertiary/aromatic N) is 3. The molecular formula is C24H19Cl2N3O6. The Morgan fingerprint density at radius 1 is 0.971 bits per heavy atom. The minimum atomic E-state index is -0.781. The van der Waals surface area contributed by atoms with Gasteiger partial charge in [0.05, 0.1) is 26.8 Å². The van der Waals surface area contributed by atoms with Gasteiger partial charge in [-0.15, -0.1) is 0 Å². The molecule has 1 aliphatic heterocycles. The molecule has 0 spiro atoms. The fourth-order valence-electron chi connectivity index (χ4n) is 5.66. The van der Waals surface area contributed by atoms with Crippen LogP contribution in [0.2, 0.25) is 10.0 Å². The highest BCUT2D eigenvalue weighted by Crippen LogP contribution is 2.56. The van der Waals surface area contributed by atoms with Crippen LogP contribution in [0.3, 0.4) is 0 Å². The lowest BCUT2D eigenvalue weighted by atomic mass is 9.81. The molecule has 0 radical (unpaired) electrons. The zero-order valence-corrected chi connectivity index (χ0v) is 19.7. The molecule has 2 saturated carbocycles. The summed E-state index contributed by atoms with van der Waals surface area (Å²) in [7, 11) is 0. The molecule has 0 unspecified atom stereocenters. The summed E-state index contributed by atoms with van der Waals surface area (Å²) >= 11 is 12.0. The van der Waals surface area contributed by atoms with Gasteiger partial charge in [-0.1, -0.05) is 35.3 Å². The number of hydrogen-bond acceptors (Lipinski definition) is 6. The fourth-order valence-corrected chi connectivity index (χ4v) is 5.96. The second-order valence-corrected chi connectivity index (χ2v) is 9.91. The SMILES string of the molecule is O=C(CN(C(=O)c1ccc(Cl)c(Cl)c1)N1C(=O)[C@@H]2[C@H]3CC[C@@H](C3)[C@@H]2C1=O)c1cccc([N+](=O)[O-])c1. The number of nitro groups is 1. The number of hydrogen-bond donors (Lipinski definition) is 0. The van der Waals surface area contributed by atoms with Gasteiger partial charge in [0, 0.05) is 23.3 Å². The number of non-ortho nitro benzene ring substituents is 1. The first-order valence-electron chi connectivity index (χ1n) is 11.1. The Kier molecular flexibility index (Phi) is 5.85. The molecule has 11 heteroatoms. The Hall–Kier alpha value is -3.30. The van der Waals surface area contributed by atoms with Crippen molar-refractivity contribution in [3.8, 4) is 0 Å². The number of imide groups is 1. The largest absolute Gasteiger partial charge is 0.292 e. The molecule has 1 heterocycles. The number of halogens is 2. The van der Waals surface area contributed by atoms with Crippen molar-refractivity contribution in [3.05, 3.63) is 73.8 Å². The second kappa shape index (κ2) is 8.73. The molecule has 2 aromatic carbocycles. The number of hydrazine groups is 1. The van der Waals surface area contributed by atoms with Crippen LogP contribution < -0.4 is 0 Å². The molecule has 3 fully saturated rings. The average molecular weight is 516 g/mol. The van der Waals surface area contributed by atoms with Crippen LogP contribution in [0.4, 0.5) is 5.69 Å². The lowest BCUT2D eigenvalue weighted by Gasteiger charge is -2.31. The molecule has 5 rings (SSSR count). The topological polar surface area (TPSA) is 118 Å². The molecule has 0 aromatic heterocycles. The Morgan fingerprint density at radius 2 is 1.63 bits per heavy atom. The van der Waals surface area contributed by atoms with Crippen LogP contribution in [0.1, 0.15) is 40.0 Å². The van der Waals surface area contributed by atoms with Crippen LogP contribution in [0.25, 0.3) is 0 Å². The van der Waals surface area contributed by atoms with E-state index in [4.69, 9.17) is 23.2 Å². The summed E-state index contributed by atoms with van der Waals surface area (Å²) < 4.78 is 0. The molecule has 35 heavy (non-hydrogen) atoms. The van der Waals surface area contributed by atoms with Crippen LogP contribution in [0.5, 0.6) is 0 Å². The maximum Gasteiger partial charge on any atom is 0.273 e. The van der Waals surface area contributed by atoms with E-state index in [-0.39, 0.29) is 38.7 Å². The predicted octanol–water partition coefficient (Wildman–Crippen LogP) is 4.17. The van der Waals surface area contributed by atoms with Crippen LogP contribution in [0, 0.1) is 33.8 Å². The fraction of sp³-hybridized carbons (Fsp3) is 0.333. The zero-order valence-electron chi connectivity index (χ0n) is 18.2. The van der Waals surface area contributed by atoms with Gasteiger partial charge in [-0.05, 0) is 49.3 Å². The summed E-state index contributed by atoms with van der Waals surface area (Å²) in [5.74, 6) is -3.27. The van der Waals surface area contributed by atoms with E-state index in [9.17, 15) is 29.3 Å². The normalized spacial score (nSPS) is 24.6. The maximum atomic E-state index is 13.5. The number of carbonyl (C=O) groups excluding carboxylic acids is 4. The summed E-state index contributed by atoms with van der Waals surface area (Å²) in [6.07, 6.45) is 2.52. The number of rotatable bonds is 6. The Bertz CT molecular complexity index is 1270. The van der Waals surface area contributed by atoms with E-state index in [1.165, 1.54) is 36.4 Å². The van der Waals surface area contributed by atoms with Crippen molar-refractivity contribution in [2.45, 2.75) is 19.3 Å². The second-order valence-electron chi connectivity index (χ2n) is 9.10. The van der Waals surface area contributed by atoms with Crippen molar-refractivity contribution < 1.29 is 24.1 Å². The van der Waals surface area contributed by atoms with Gasteiger partial charge < -0.3 is 0 Å². The maximum absolute atomic E-state index is 13.5. The summed E-state index contributed by atoms with van der Waals surface area (Å²) in [6.45, 7) is -0.660. The van der Waals surface area contributed by atoms with Gasteiger partial charge in [-0.25, -0.2) is 5.01 Å². The summed E-state index contributed by atoms with van der Waals surface area (Å²) in [5, 5.41) is 13.1. The number of nitro benzene ring substituents is 1. The number of fused-ring (bicyclic) bond motifs is 5. The standard InChI is InChI=1S/C24H19Cl2N3O6/c25-17-7-6-15(10-18(17)26)22(31)27(11-19(30)12-2-1-3-16(9-12)29(34)35)28-23(32)20-13-4-5-14(8-13)21(20)24(28)33/h1-3,6-7,9-10,13-14,20-21H,4-5,8,11H2/t13-,14-,20-,21+/m0/s1. The lowest BCUT2D eigenvalue weighted by molar-refractivity contribution is -0.384. The van der Waals surface area contributed by atoms with Crippen molar-refractivity contribution >= 4 is 52.4 Å². The highest BCUT2D eigenvalue weighted by molar-refractivity contribution is 6.42. The van der Waals surface area contributed by atoms with Crippen LogP contribution >= 0.6 is 23.2 Å². The average Bonchev–Trinajstić information content (AvgIpc) is 3.53. The first-order chi connectivity index (χ1) is 16.7. The van der Waals surface area contributed by atoms with E-state index in [0.29, 0.717) is 0 Å². The highest BCUT2D eigenvalue weighted by Gasteiger charge is 2.62. The molecule has 2 bridgehead atoms. The first kappa shape index (κ1) is 23.4. The third-order valence-electron chi connectivity index (χ3n) is 7.22. The molecule has 4 atom stereocenters. The minimum absolute atomic E-state index is 0.0227. The van der Waals surface area contributed by atoms with Crippen molar-refractivity contribution in [3.63, 3.8) is 0 Å². The molecule has 3 aliphatic rings. The molecule has 2 aromatic rings. The van der Waals surface area contributed by atoms with E-state index in [1.807, 2.05) is 0 Å². The Balaban J connectivity index is 1.51. The third-order valence-corrected chi connectivity index (χ3v) is 7.96. The Morgan fingerprint density at radius 3 is 2.23 bits per heavy atom. The number of benzene rings is 2. The zero-order chi connectivity index (χ0) is 25.0. The molecule has 2 aliphatic carbocycles. The summed E-state index contributed by atoms with van der Waals surface area (Å²) in [5.41, 5.74) is -0.282. The van der Waals surface area contributed by atoms with Gasteiger partial charge in [0.2, 0.25) is 0 Å². The number of Topliss-reactive ketones (excluding diaryl/α,β-unsaturated/α-hetero) is 1. The van der Waals surface area contributed by atoms with E-state index in [0.717, 1.165) is 35.3 Å². The van der Waals surface area contributed by atoms with Crippen LogP contribution in [-0.2, 0) is 9.59 Å². The van der Waals surface area contributed by atoms with Gasteiger partial charge in [0.1, 0.15) is 6.54 Å². The molecule has 9 nitrogen and oxygen atoms in total. The van der Waals surface area contributed by atoms with Gasteiger partial charge in [-0.3, -0.25) is 29.3 Å². The molecular weight excluding hydrogens is 497 g/mol. The van der Waals surface area contributed by atoms with Gasteiger partial charge in [-0.2, -0.15) is 5.01 Å². The summed E-state index contributed by atoms with van der Waals surface area (Å²) in [4.78, 5) is 64.0. The predicted molar refractivity (Wildman–Crippen MR) is 125 cm³/mol. The first-order valence-corrected chi connectivity index (χ1v) is 11.8. The molecule has 0 N–H and O–H groups in total. The summed E-state index contributed by atoms with van der Waals surface area (Å²) in [6, 6.07) is 9.14. The molecule has 180 valence electrons. The van der Waals surface area contributed by atoms with Gasteiger partial charge in [0.25, 0.3) is 23.4 Å². The van der Waals surface area contributed by atoms with E-state index in [1.54, 1.807) is 0 Å². The van der Waals surface area contributed by atoms with E-state index >= 15 is 0 Å². The van der Waals surface area contributed by atoms with Crippen molar-refractivity contribution in [2.24, 2.45) is 23.7 Å². The minimum Gasteiger partial charge on any atom is -0.292 e. The van der Waals surface area contributed by atoms with E-state index < -0.39 is 46.8 Å². The van der Waals surface area contributed by atoms with Crippen LogP contribution in [-0.4, -0.2) is 45.0 Å². The third kappa shape index (κ3) is 3.88. The van der Waals surface area contributed by atoms with Crippen molar-refractivity contribution in [1.82, 2.24) is 10.0 Å². The van der Waals surface area contributed by atoms with Crippen LogP contribution in [0.15, 0.2) is 42.5 Å². The Labute approximate surface area is 209 Å². The molecule has 3 amide bonds. The quantitative estimate of drug-likeness (QED) is 0.246. The van der Waals surface area contributed by atoms with Crippen molar-refractivity contribution in [2.75, 3.05) is 6.54 Å². The van der Waals surface area contributed by atoms with Gasteiger partial charge in [0.15, 0.2) is 5.78 Å². The van der Waals surface area contributed by atoms with E-state index in [2.05, 4.69) is 0 Å².